The van der Waals surface area contributed by atoms with Gasteiger partial charge in [0.1, 0.15) is 0 Å². The molecule has 1 aliphatic rings. The van der Waals surface area contributed by atoms with Crippen LogP contribution in [-0.4, -0.2) is 10.9 Å². The number of nitrogens with one attached hydrogen (secondary N) is 1. The molecule has 1 N–H and O–H groups in total. The number of aromatic nitrogens is 1. The molecule has 0 spiro atoms. The zero-order valence-electron chi connectivity index (χ0n) is 11.8. The third kappa shape index (κ3) is 3.79. The van der Waals surface area contributed by atoms with E-state index in [4.69, 9.17) is 0 Å². The van der Waals surface area contributed by atoms with Crippen LogP contribution < -0.4 is 5.32 Å². The summed E-state index contributed by atoms with van der Waals surface area (Å²) in [6.07, 6.45) is 9.73. The van der Waals surface area contributed by atoms with Crippen molar-refractivity contribution in [3.8, 4) is 0 Å². The molecule has 1 aliphatic carbocycles. The molecular formula is C17H18N2OS. The van der Waals surface area contributed by atoms with Crippen molar-refractivity contribution in [3.05, 3.63) is 59.1 Å². The Hall–Kier alpha value is -1.94. The summed E-state index contributed by atoms with van der Waals surface area (Å²) < 4.78 is 0. The number of thiazole rings is 1. The molecule has 3 nitrogen and oxygen atoms in total. The van der Waals surface area contributed by atoms with Gasteiger partial charge in [0.2, 0.25) is 5.91 Å². The lowest BCUT2D eigenvalue weighted by Gasteiger charge is -2.15. The van der Waals surface area contributed by atoms with E-state index in [1.165, 1.54) is 10.4 Å². The summed E-state index contributed by atoms with van der Waals surface area (Å²) >= 11 is 1.56. The summed E-state index contributed by atoms with van der Waals surface area (Å²) in [7, 11) is 0. The average Bonchev–Trinajstić information content (AvgIpc) is 2.96. The molecular weight excluding hydrogens is 280 g/mol. The molecule has 1 aromatic carbocycles. The molecule has 2 aromatic rings. The van der Waals surface area contributed by atoms with E-state index in [2.05, 4.69) is 34.6 Å². The van der Waals surface area contributed by atoms with Crippen LogP contribution in [-0.2, 0) is 11.2 Å². The first-order chi connectivity index (χ1) is 10.3. The lowest BCUT2D eigenvalue weighted by molar-refractivity contribution is -0.120. The molecule has 3 rings (SSSR count). The van der Waals surface area contributed by atoms with E-state index in [1.54, 1.807) is 11.3 Å². The Balaban J connectivity index is 1.60. The van der Waals surface area contributed by atoms with Crippen molar-refractivity contribution in [2.75, 3.05) is 5.32 Å². The Labute approximate surface area is 128 Å². The van der Waals surface area contributed by atoms with Crippen molar-refractivity contribution in [2.45, 2.75) is 25.7 Å². The van der Waals surface area contributed by atoms with E-state index in [0.717, 1.165) is 25.7 Å². The van der Waals surface area contributed by atoms with Crippen LogP contribution in [0.25, 0.3) is 0 Å². The van der Waals surface area contributed by atoms with Crippen LogP contribution in [0.1, 0.15) is 29.7 Å². The number of carbonyl (C=O) groups is 1. The summed E-state index contributed by atoms with van der Waals surface area (Å²) in [6.45, 7) is 0. The average molecular weight is 298 g/mol. The van der Waals surface area contributed by atoms with Crippen molar-refractivity contribution >= 4 is 22.4 Å². The number of allylic oxidation sites excluding steroid dienone is 2. The summed E-state index contributed by atoms with van der Waals surface area (Å²) in [5, 5.41) is 3.66. The molecule has 1 atom stereocenters. The number of nitrogens with zero attached hydrogens (tertiary/aromatic N) is 1. The maximum atomic E-state index is 12.2. The van der Waals surface area contributed by atoms with Gasteiger partial charge in [0.25, 0.3) is 0 Å². The maximum absolute atomic E-state index is 12.2. The Bertz CT molecular complexity index is 633. The molecule has 0 aliphatic heterocycles. The van der Waals surface area contributed by atoms with Crippen molar-refractivity contribution in [2.24, 2.45) is 5.92 Å². The van der Waals surface area contributed by atoms with Gasteiger partial charge in [0.05, 0.1) is 0 Å². The fourth-order valence-electron chi connectivity index (χ4n) is 2.48. The summed E-state index contributed by atoms with van der Waals surface area (Å²) in [6, 6.07) is 10.3. The van der Waals surface area contributed by atoms with Gasteiger partial charge in [-0.15, -0.1) is 11.3 Å². The zero-order valence-corrected chi connectivity index (χ0v) is 12.6. The number of hydrogen-bond donors (Lipinski definition) is 1. The minimum atomic E-state index is 0.0940. The molecule has 1 heterocycles. The number of amides is 1. The molecule has 0 saturated carbocycles. The maximum Gasteiger partial charge on any atom is 0.229 e. The molecule has 0 bridgehead atoms. The Morgan fingerprint density at radius 2 is 2.14 bits per heavy atom. The van der Waals surface area contributed by atoms with Gasteiger partial charge < -0.3 is 5.32 Å². The van der Waals surface area contributed by atoms with Crippen LogP contribution in [0.3, 0.4) is 0 Å². The molecule has 1 amide bonds. The number of hydrogen-bond acceptors (Lipinski definition) is 3. The highest BCUT2D eigenvalue weighted by Gasteiger charge is 2.19. The van der Waals surface area contributed by atoms with E-state index in [-0.39, 0.29) is 11.8 Å². The first kappa shape index (κ1) is 14.0. The lowest BCUT2D eigenvalue weighted by atomic mass is 9.94. The van der Waals surface area contributed by atoms with Gasteiger partial charge in [-0.05, 0) is 24.8 Å². The van der Waals surface area contributed by atoms with E-state index in [0.29, 0.717) is 5.13 Å². The standard InChI is InChI=1S/C17H18N2OS/c20-16(14-9-5-2-6-10-14)19-17-18-12-15(21-17)11-13-7-3-1-4-8-13/h1-5,7-8,12,14H,6,9-11H2,(H,18,19,20)/t14-/m1/s1. The molecule has 4 heteroatoms. The minimum absolute atomic E-state index is 0.0940. The number of benzene rings is 1. The summed E-state index contributed by atoms with van der Waals surface area (Å²) in [5.74, 6) is 0.191. The number of rotatable bonds is 4. The first-order valence-electron chi connectivity index (χ1n) is 7.26. The van der Waals surface area contributed by atoms with Crippen molar-refractivity contribution in [3.63, 3.8) is 0 Å². The second-order valence-corrected chi connectivity index (χ2v) is 6.38. The van der Waals surface area contributed by atoms with Crippen LogP contribution in [0.2, 0.25) is 0 Å². The predicted molar refractivity (Wildman–Crippen MR) is 86.5 cm³/mol. The zero-order chi connectivity index (χ0) is 14.5. The van der Waals surface area contributed by atoms with Crippen LogP contribution in [0.5, 0.6) is 0 Å². The van der Waals surface area contributed by atoms with Gasteiger partial charge in [-0.25, -0.2) is 4.98 Å². The molecule has 0 unspecified atom stereocenters. The lowest BCUT2D eigenvalue weighted by Crippen LogP contribution is -2.23. The van der Waals surface area contributed by atoms with E-state index in [1.807, 2.05) is 24.4 Å². The monoisotopic (exact) mass is 298 g/mol. The van der Waals surface area contributed by atoms with Crippen molar-refractivity contribution < 1.29 is 4.79 Å². The second kappa shape index (κ2) is 6.68. The molecule has 0 fully saturated rings. The third-order valence-electron chi connectivity index (χ3n) is 3.64. The van der Waals surface area contributed by atoms with E-state index >= 15 is 0 Å². The molecule has 21 heavy (non-hydrogen) atoms. The van der Waals surface area contributed by atoms with Gasteiger partial charge in [-0.1, -0.05) is 42.5 Å². The van der Waals surface area contributed by atoms with Gasteiger partial charge in [-0.3, -0.25) is 4.79 Å². The topological polar surface area (TPSA) is 42.0 Å². The molecule has 108 valence electrons. The van der Waals surface area contributed by atoms with E-state index < -0.39 is 0 Å². The largest absolute Gasteiger partial charge is 0.302 e. The van der Waals surface area contributed by atoms with Gasteiger partial charge in [-0.2, -0.15) is 0 Å². The highest BCUT2D eigenvalue weighted by atomic mass is 32.1. The highest BCUT2D eigenvalue weighted by molar-refractivity contribution is 7.15. The Kier molecular flexibility index (Phi) is 4.46. The fraction of sp³-hybridized carbons (Fsp3) is 0.294. The number of carbonyl (C=O) groups excluding carboxylic acids is 1. The van der Waals surface area contributed by atoms with Crippen LogP contribution >= 0.6 is 11.3 Å². The second-order valence-electron chi connectivity index (χ2n) is 5.26. The van der Waals surface area contributed by atoms with Crippen molar-refractivity contribution in [1.82, 2.24) is 4.98 Å². The SMILES string of the molecule is O=C(Nc1ncc(Cc2ccccc2)s1)[C@@H]1CC=CCC1. The van der Waals surface area contributed by atoms with Crippen LogP contribution in [0.15, 0.2) is 48.7 Å². The van der Waals surface area contributed by atoms with Gasteiger partial charge in [0, 0.05) is 23.4 Å². The molecule has 0 saturated heterocycles. The summed E-state index contributed by atoms with van der Waals surface area (Å²) in [5.41, 5.74) is 1.26. The van der Waals surface area contributed by atoms with Crippen LogP contribution in [0, 0.1) is 5.92 Å². The van der Waals surface area contributed by atoms with Gasteiger partial charge in [0.15, 0.2) is 5.13 Å². The van der Waals surface area contributed by atoms with E-state index in [9.17, 15) is 4.79 Å². The first-order valence-corrected chi connectivity index (χ1v) is 8.07. The molecule has 1 aromatic heterocycles. The van der Waals surface area contributed by atoms with Crippen molar-refractivity contribution in [1.29, 1.82) is 0 Å². The highest BCUT2D eigenvalue weighted by Crippen LogP contribution is 2.24. The third-order valence-corrected chi connectivity index (χ3v) is 4.56. The molecule has 0 radical (unpaired) electrons. The Morgan fingerprint density at radius 1 is 1.29 bits per heavy atom. The predicted octanol–water partition coefficient (Wildman–Crippen LogP) is 4.03. The van der Waals surface area contributed by atoms with Crippen LogP contribution in [0.4, 0.5) is 5.13 Å². The number of anilines is 1. The minimum Gasteiger partial charge on any atom is -0.302 e. The smallest absolute Gasteiger partial charge is 0.229 e. The van der Waals surface area contributed by atoms with Gasteiger partial charge >= 0.3 is 0 Å². The normalized spacial score (nSPS) is 17.6. The quantitative estimate of drug-likeness (QED) is 0.866. The fourth-order valence-corrected chi connectivity index (χ4v) is 3.33. The Morgan fingerprint density at radius 3 is 2.90 bits per heavy atom. The summed E-state index contributed by atoms with van der Waals surface area (Å²) in [4.78, 5) is 17.6.